The van der Waals surface area contributed by atoms with Crippen LogP contribution in [0.15, 0.2) is 35.2 Å². The molecule has 0 saturated heterocycles. The van der Waals surface area contributed by atoms with E-state index >= 15 is 0 Å². The Hall–Kier alpha value is -3.03. The van der Waals surface area contributed by atoms with Crippen LogP contribution < -0.4 is 5.32 Å². The number of hydrogen-bond donors (Lipinski definition) is 1. The molecular weight excluding hydrogens is 483 g/mol. The van der Waals surface area contributed by atoms with Gasteiger partial charge in [-0.1, -0.05) is 25.2 Å². The largest absolute Gasteiger partial charge is 0.452 e. The average molecular weight is 502 g/mol. The van der Waals surface area contributed by atoms with Crippen LogP contribution in [0.5, 0.6) is 0 Å². The van der Waals surface area contributed by atoms with Gasteiger partial charge in [-0.05, 0) is 30.3 Å². The zero-order chi connectivity index (χ0) is 24.3. The van der Waals surface area contributed by atoms with Crippen LogP contribution in [0.2, 0.25) is 0 Å². The number of aromatic nitrogens is 1. The van der Waals surface area contributed by atoms with Crippen molar-refractivity contribution in [1.82, 2.24) is 9.29 Å². The fraction of sp³-hybridized carbons (Fsp3) is 0.250. The minimum Gasteiger partial charge on any atom is -0.452 e. The Morgan fingerprint density at radius 1 is 1.09 bits per heavy atom. The van der Waals surface area contributed by atoms with Crippen molar-refractivity contribution in [1.29, 1.82) is 0 Å². The number of nitrogens with zero attached hydrogens (tertiary/aromatic N) is 2. The van der Waals surface area contributed by atoms with E-state index in [1.807, 2.05) is 0 Å². The van der Waals surface area contributed by atoms with Crippen LogP contribution in [0.25, 0.3) is 10.2 Å². The fourth-order valence-corrected chi connectivity index (χ4v) is 5.24. The Balaban J connectivity index is 1.62. The standard InChI is InChI=1S/C20H18F3N3O5S2/c1-3-26(4-2)33(29,30)12-7-5-11(6-8-12)19(28)31-10-15(27)24-20-25-18-14(32-20)9-13(21)16(22)17(18)23/h5-9H,3-4,10H2,1-2H3,(H,24,25,27). The van der Waals surface area contributed by atoms with Crippen molar-refractivity contribution in [2.75, 3.05) is 25.0 Å². The number of carbonyl (C=O) groups excluding carboxylic acids is 2. The molecule has 0 atom stereocenters. The molecular formula is C20H18F3N3O5S2. The van der Waals surface area contributed by atoms with Crippen LogP contribution >= 0.6 is 11.3 Å². The third-order valence-electron chi connectivity index (χ3n) is 4.54. The predicted molar refractivity (Wildman–Crippen MR) is 115 cm³/mol. The third kappa shape index (κ3) is 5.15. The summed E-state index contributed by atoms with van der Waals surface area (Å²) < 4.78 is 71.4. The number of ether oxygens (including phenoxy) is 1. The number of hydrogen-bond acceptors (Lipinski definition) is 7. The van der Waals surface area contributed by atoms with Crippen molar-refractivity contribution in [3.05, 3.63) is 53.3 Å². The quantitative estimate of drug-likeness (QED) is 0.374. The van der Waals surface area contributed by atoms with Gasteiger partial charge in [-0.25, -0.2) is 31.4 Å². The summed E-state index contributed by atoms with van der Waals surface area (Å²) in [5, 5.41) is 2.12. The maximum absolute atomic E-state index is 13.7. The molecule has 1 heterocycles. The smallest absolute Gasteiger partial charge is 0.338 e. The number of rotatable bonds is 8. The molecule has 0 unspecified atom stereocenters. The number of amides is 1. The molecule has 176 valence electrons. The maximum Gasteiger partial charge on any atom is 0.338 e. The van der Waals surface area contributed by atoms with Gasteiger partial charge in [-0.15, -0.1) is 0 Å². The van der Waals surface area contributed by atoms with Crippen LogP contribution in [-0.4, -0.2) is 49.3 Å². The highest BCUT2D eigenvalue weighted by Gasteiger charge is 2.22. The highest BCUT2D eigenvalue weighted by molar-refractivity contribution is 7.89. The van der Waals surface area contributed by atoms with Crippen molar-refractivity contribution in [2.45, 2.75) is 18.7 Å². The molecule has 1 aromatic heterocycles. The highest BCUT2D eigenvalue weighted by Crippen LogP contribution is 2.30. The maximum atomic E-state index is 13.7. The summed E-state index contributed by atoms with van der Waals surface area (Å²) in [5.74, 6) is -6.22. The van der Waals surface area contributed by atoms with E-state index in [9.17, 15) is 31.2 Å². The predicted octanol–water partition coefficient (Wildman–Crippen LogP) is 3.54. The molecule has 33 heavy (non-hydrogen) atoms. The Bertz CT molecular complexity index is 1310. The van der Waals surface area contributed by atoms with E-state index in [0.717, 1.165) is 6.07 Å². The molecule has 13 heteroatoms. The molecule has 0 spiro atoms. The first kappa shape index (κ1) is 24.6. The first-order valence-electron chi connectivity index (χ1n) is 9.59. The summed E-state index contributed by atoms with van der Waals surface area (Å²) in [5.41, 5.74) is -0.416. The van der Waals surface area contributed by atoms with Crippen molar-refractivity contribution in [3.63, 3.8) is 0 Å². The molecule has 0 fully saturated rings. The fourth-order valence-electron chi connectivity index (χ4n) is 2.87. The molecule has 0 aliphatic carbocycles. The molecule has 0 aliphatic rings. The van der Waals surface area contributed by atoms with Crippen molar-refractivity contribution in [2.24, 2.45) is 0 Å². The lowest BCUT2D eigenvalue weighted by Crippen LogP contribution is -2.30. The molecule has 0 aliphatic heterocycles. The second kappa shape index (κ2) is 9.85. The molecule has 2 aromatic carbocycles. The van der Waals surface area contributed by atoms with Gasteiger partial charge in [0, 0.05) is 13.1 Å². The van der Waals surface area contributed by atoms with Gasteiger partial charge in [0.05, 0.1) is 15.2 Å². The van der Waals surface area contributed by atoms with E-state index in [-0.39, 0.29) is 20.3 Å². The summed E-state index contributed by atoms with van der Waals surface area (Å²) in [4.78, 5) is 27.9. The number of nitrogens with one attached hydrogen (secondary N) is 1. The monoisotopic (exact) mass is 501 g/mol. The zero-order valence-electron chi connectivity index (χ0n) is 17.4. The number of anilines is 1. The second-order valence-corrected chi connectivity index (χ2v) is 9.56. The van der Waals surface area contributed by atoms with E-state index in [2.05, 4.69) is 10.3 Å². The molecule has 8 nitrogen and oxygen atoms in total. The lowest BCUT2D eigenvalue weighted by Gasteiger charge is -2.18. The van der Waals surface area contributed by atoms with Crippen LogP contribution in [0.3, 0.4) is 0 Å². The second-order valence-electron chi connectivity index (χ2n) is 6.59. The Morgan fingerprint density at radius 2 is 1.73 bits per heavy atom. The number of sulfonamides is 1. The zero-order valence-corrected chi connectivity index (χ0v) is 19.0. The summed E-state index contributed by atoms with van der Waals surface area (Å²) in [6, 6.07) is 5.80. The SMILES string of the molecule is CCN(CC)S(=O)(=O)c1ccc(C(=O)OCC(=O)Nc2nc3c(F)c(F)c(F)cc3s2)cc1. The number of fused-ring (bicyclic) bond motifs is 1. The minimum absolute atomic E-state index is 0.0106. The normalized spacial score (nSPS) is 11.7. The van der Waals surface area contributed by atoms with Gasteiger partial charge in [0.2, 0.25) is 10.0 Å². The van der Waals surface area contributed by atoms with Crippen molar-refractivity contribution >= 4 is 48.6 Å². The molecule has 1 amide bonds. The number of halogens is 3. The molecule has 0 radical (unpaired) electrons. The lowest BCUT2D eigenvalue weighted by atomic mass is 10.2. The Labute approximate surface area is 191 Å². The topological polar surface area (TPSA) is 106 Å². The van der Waals surface area contributed by atoms with E-state index in [1.54, 1.807) is 13.8 Å². The van der Waals surface area contributed by atoms with Gasteiger partial charge in [0.25, 0.3) is 5.91 Å². The molecule has 3 rings (SSSR count). The Morgan fingerprint density at radius 3 is 2.33 bits per heavy atom. The molecule has 1 N–H and O–H groups in total. The van der Waals surface area contributed by atoms with E-state index in [0.29, 0.717) is 24.4 Å². The van der Waals surface area contributed by atoms with Gasteiger partial charge in [-0.3, -0.25) is 10.1 Å². The summed E-state index contributed by atoms with van der Waals surface area (Å²) in [6.45, 7) is 3.28. The van der Waals surface area contributed by atoms with Crippen LogP contribution in [-0.2, 0) is 19.6 Å². The van der Waals surface area contributed by atoms with Crippen LogP contribution in [0.1, 0.15) is 24.2 Å². The van der Waals surface area contributed by atoms with Crippen LogP contribution in [0, 0.1) is 17.5 Å². The van der Waals surface area contributed by atoms with Gasteiger partial charge in [-0.2, -0.15) is 4.31 Å². The minimum atomic E-state index is -3.69. The molecule has 0 bridgehead atoms. The third-order valence-corrected chi connectivity index (χ3v) is 7.52. The van der Waals surface area contributed by atoms with Crippen LogP contribution in [0.4, 0.5) is 18.3 Å². The number of esters is 1. The summed E-state index contributed by atoms with van der Waals surface area (Å²) >= 11 is 0.712. The lowest BCUT2D eigenvalue weighted by molar-refractivity contribution is -0.119. The number of carbonyl (C=O) groups is 2. The van der Waals surface area contributed by atoms with Crippen molar-refractivity contribution < 1.29 is 35.9 Å². The Kier molecular flexibility index (Phi) is 7.34. The van der Waals surface area contributed by atoms with Crippen molar-refractivity contribution in [3.8, 4) is 0 Å². The number of thiazole rings is 1. The highest BCUT2D eigenvalue weighted by atomic mass is 32.2. The van der Waals surface area contributed by atoms with E-state index in [4.69, 9.17) is 4.74 Å². The molecule has 0 saturated carbocycles. The number of benzene rings is 2. The first-order chi connectivity index (χ1) is 15.6. The molecule has 3 aromatic rings. The van der Waals surface area contributed by atoms with Gasteiger partial charge >= 0.3 is 5.97 Å². The summed E-state index contributed by atoms with van der Waals surface area (Å²) in [6.07, 6.45) is 0. The van der Waals surface area contributed by atoms with Gasteiger partial charge in [0.1, 0.15) is 5.52 Å². The van der Waals surface area contributed by atoms with Gasteiger partial charge in [0.15, 0.2) is 29.2 Å². The first-order valence-corrected chi connectivity index (χ1v) is 11.8. The summed E-state index contributed by atoms with van der Waals surface area (Å²) in [7, 11) is -3.69. The van der Waals surface area contributed by atoms with Gasteiger partial charge < -0.3 is 4.74 Å². The van der Waals surface area contributed by atoms with E-state index < -0.39 is 51.5 Å². The van der Waals surface area contributed by atoms with E-state index in [1.165, 1.54) is 28.6 Å². The average Bonchev–Trinajstić information content (AvgIpc) is 3.18.